The highest BCUT2D eigenvalue weighted by Crippen LogP contribution is 2.18. The van der Waals surface area contributed by atoms with Crippen LogP contribution >= 0.6 is 0 Å². The van der Waals surface area contributed by atoms with Gasteiger partial charge in [0, 0.05) is 11.8 Å². The van der Waals surface area contributed by atoms with E-state index in [9.17, 15) is 18.0 Å². The Morgan fingerprint density at radius 3 is 2.27 bits per heavy atom. The maximum Gasteiger partial charge on any atom is 0.276 e. The molecular weight excluding hydrogens is 356 g/mol. The Morgan fingerprint density at radius 2 is 1.65 bits per heavy atom. The number of amides is 2. The van der Waals surface area contributed by atoms with Crippen molar-refractivity contribution in [3.05, 3.63) is 59.2 Å². The molecular formula is C18H20N2O5S. The molecule has 0 fully saturated rings. The summed E-state index contributed by atoms with van der Waals surface area (Å²) in [6, 6.07) is 11.0. The summed E-state index contributed by atoms with van der Waals surface area (Å²) in [5.41, 5.74) is 6.63. The van der Waals surface area contributed by atoms with E-state index in [1.165, 1.54) is 24.3 Å². The third kappa shape index (κ3) is 5.32. The second-order valence-corrected chi connectivity index (χ2v) is 7.87. The number of nitrogens with one attached hydrogen (secondary N) is 2. The number of aryl methyl sites for hydroxylation is 2. The first-order chi connectivity index (χ1) is 12.2. The van der Waals surface area contributed by atoms with Crippen LogP contribution in [0.15, 0.2) is 47.4 Å². The Bertz CT molecular complexity index is 921. The van der Waals surface area contributed by atoms with Crippen LogP contribution in [-0.4, -0.2) is 33.1 Å². The molecule has 7 nitrogen and oxygen atoms in total. The molecule has 0 saturated carbocycles. The van der Waals surface area contributed by atoms with Gasteiger partial charge in [0.25, 0.3) is 11.8 Å². The first kappa shape index (κ1) is 19.5. The number of sulfone groups is 1. The number of benzene rings is 2. The molecule has 2 amide bonds. The summed E-state index contributed by atoms with van der Waals surface area (Å²) in [5.74, 6) is -0.486. The molecule has 0 bridgehead atoms. The molecule has 2 N–H and O–H groups in total. The molecule has 8 heteroatoms. The minimum atomic E-state index is -3.33. The Balaban J connectivity index is 1.86. The number of carbonyl (C=O) groups is 2. The van der Waals surface area contributed by atoms with Crippen LogP contribution in [0, 0.1) is 13.8 Å². The van der Waals surface area contributed by atoms with Gasteiger partial charge < -0.3 is 4.74 Å². The SMILES string of the molecule is Cc1ccc(C)c(OCC(=O)NNC(=O)c2ccc(S(C)(=O)=O)cc2)c1. The molecule has 2 rings (SSSR count). The van der Waals surface area contributed by atoms with E-state index < -0.39 is 21.7 Å². The summed E-state index contributed by atoms with van der Waals surface area (Å²) < 4.78 is 28.2. The second kappa shape index (κ2) is 8.01. The molecule has 0 aliphatic carbocycles. The van der Waals surface area contributed by atoms with E-state index in [4.69, 9.17) is 4.74 Å². The number of rotatable bonds is 5. The maximum absolute atomic E-state index is 12.0. The lowest BCUT2D eigenvalue weighted by Gasteiger charge is -2.11. The fourth-order valence-corrected chi connectivity index (χ4v) is 2.72. The fourth-order valence-electron chi connectivity index (χ4n) is 2.09. The van der Waals surface area contributed by atoms with Crippen LogP contribution in [-0.2, 0) is 14.6 Å². The van der Waals surface area contributed by atoms with Crippen molar-refractivity contribution in [3.8, 4) is 5.75 Å². The van der Waals surface area contributed by atoms with E-state index in [0.29, 0.717) is 5.75 Å². The molecule has 0 saturated heterocycles. The average Bonchev–Trinajstić information content (AvgIpc) is 2.59. The predicted molar refractivity (Wildman–Crippen MR) is 96.6 cm³/mol. The van der Waals surface area contributed by atoms with Gasteiger partial charge in [0.05, 0.1) is 4.90 Å². The lowest BCUT2D eigenvalue weighted by molar-refractivity contribution is -0.123. The van der Waals surface area contributed by atoms with Crippen LogP contribution in [0.25, 0.3) is 0 Å². The number of hydrogen-bond donors (Lipinski definition) is 2. The molecule has 26 heavy (non-hydrogen) atoms. The first-order valence-electron chi connectivity index (χ1n) is 7.76. The van der Waals surface area contributed by atoms with E-state index >= 15 is 0 Å². The monoisotopic (exact) mass is 376 g/mol. The van der Waals surface area contributed by atoms with Crippen molar-refractivity contribution in [1.29, 1.82) is 0 Å². The third-order valence-electron chi connectivity index (χ3n) is 3.56. The maximum atomic E-state index is 12.0. The van der Waals surface area contributed by atoms with Gasteiger partial charge in [-0.1, -0.05) is 12.1 Å². The molecule has 0 aliphatic rings. The van der Waals surface area contributed by atoms with Crippen molar-refractivity contribution in [2.24, 2.45) is 0 Å². The van der Waals surface area contributed by atoms with Crippen molar-refractivity contribution in [2.75, 3.05) is 12.9 Å². The van der Waals surface area contributed by atoms with Crippen LogP contribution in [0.4, 0.5) is 0 Å². The summed E-state index contributed by atoms with van der Waals surface area (Å²) in [4.78, 5) is 23.9. The van der Waals surface area contributed by atoms with Gasteiger partial charge in [-0.25, -0.2) is 8.42 Å². The quantitative estimate of drug-likeness (QED) is 0.771. The molecule has 2 aromatic carbocycles. The van der Waals surface area contributed by atoms with E-state index in [1.807, 2.05) is 32.0 Å². The number of hydrazine groups is 1. The van der Waals surface area contributed by atoms with Gasteiger partial charge in [-0.05, 0) is 55.3 Å². The summed E-state index contributed by atoms with van der Waals surface area (Å²) >= 11 is 0. The van der Waals surface area contributed by atoms with Gasteiger partial charge >= 0.3 is 0 Å². The zero-order valence-electron chi connectivity index (χ0n) is 14.7. The van der Waals surface area contributed by atoms with Gasteiger partial charge in [0.15, 0.2) is 16.4 Å². The highest BCUT2D eigenvalue weighted by atomic mass is 32.2. The van der Waals surface area contributed by atoms with Crippen LogP contribution in [0.5, 0.6) is 5.75 Å². The zero-order valence-corrected chi connectivity index (χ0v) is 15.5. The number of carbonyl (C=O) groups excluding carboxylic acids is 2. The van der Waals surface area contributed by atoms with Gasteiger partial charge in [0.1, 0.15) is 5.75 Å². The molecule has 138 valence electrons. The molecule has 0 aliphatic heterocycles. The van der Waals surface area contributed by atoms with Crippen LogP contribution in [0.3, 0.4) is 0 Å². The lowest BCUT2D eigenvalue weighted by Crippen LogP contribution is -2.43. The molecule has 0 radical (unpaired) electrons. The van der Waals surface area contributed by atoms with Crippen LogP contribution < -0.4 is 15.6 Å². The Hall–Kier alpha value is -2.87. The van der Waals surface area contributed by atoms with E-state index in [-0.39, 0.29) is 17.1 Å². The van der Waals surface area contributed by atoms with E-state index in [1.54, 1.807) is 0 Å². The second-order valence-electron chi connectivity index (χ2n) is 5.86. The van der Waals surface area contributed by atoms with Crippen molar-refractivity contribution in [2.45, 2.75) is 18.7 Å². The largest absolute Gasteiger partial charge is 0.483 e. The van der Waals surface area contributed by atoms with Crippen molar-refractivity contribution >= 4 is 21.7 Å². The highest BCUT2D eigenvalue weighted by Gasteiger charge is 2.11. The lowest BCUT2D eigenvalue weighted by atomic mass is 10.1. The minimum Gasteiger partial charge on any atom is -0.483 e. The summed E-state index contributed by atoms with van der Waals surface area (Å²) in [6.45, 7) is 3.54. The Kier molecular flexibility index (Phi) is 5.99. The van der Waals surface area contributed by atoms with Crippen molar-refractivity contribution < 1.29 is 22.7 Å². The molecule has 0 heterocycles. The zero-order chi connectivity index (χ0) is 19.3. The predicted octanol–water partition coefficient (Wildman–Crippen LogP) is 1.55. The number of ether oxygens (including phenoxy) is 1. The molecule has 0 unspecified atom stereocenters. The fraction of sp³-hybridized carbons (Fsp3) is 0.222. The van der Waals surface area contributed by atoms with Crippen LogP contribution in [0.2, 0.25) is 0 Å². The smallest absolute Gasteiger partial charge is 0.276 e. The number of hydrogen-bond acceptors (Lipinski definition) is 5. The Labute approximate surface area is 152 Å². The molecule has 2 aromatic rings. The minimum absolute atomic E-state index is 0.111. The highest BCUT2D eigenvalue weighted by molar-refractivity contribution is 7.90. The van der Waals surface area contributed by atoms with Gasteiger partial charge in [-0.15, -0.1) is 0 Å². The van der Waals surface area contributed by atoms with Crippen molar-refractivity contribution in [1.82, 2.24) is 10.9 Å². The van der Waals surface area contributed by atoms with Gasteiger partial charge in [-0.3, -0.25) is 20.4 Å². The molecule has 0 aromatic heterocycles. The Morgan fingerprint density at radius 1 is 1.00 bits per heavy atom. The third-order valence-corrected chi connectivity index (χ3v) is 4.69. The van der Waals surface area contributed by atoms with Gasteiger partial charge in [0.2, 0.25) is 0 Å². The molecule has 0 spiro atoms. The standard InChI is InChI=1S/C18H20N2O5S/c1-12-4-5-13(2)16(10-12)25-11-17(21)19-20-18(22)14-6-8-15(9-7-14)26(3,23)24/h4-10H,11H2,1-3H3,(H,19,21)(H,20,22). The summed E-state index contributed by atoms with van der Waals surface area (Å²) in [5, 5.41) is 0. The van der Waals surface area contributed by atoms with Gasteiger partial charge in [-0.2, -0.15) is 0 Å². The average molecular weight is 376 g/mol. The summed E-state index contributed by atoms with van der Waals surface area (Å²) in [7, 11) is -3.33. The van der Waals surface area contributed by atoms with E-state index in [0.717, 1.165) is 17.4 Å². The topological polar surface area (TPSA) is 102 Å². The molecule has 0 atom stereocenters. The normalized spacial score (nSPS) is 10.9. The van der Waals surface area contributed by atoms with E-state index in [2.05, 4.69) is 10.9 Å². The van der Waals surface area contributed by atoms with Crippen LogP contribution in [0.1, 0.15) is 21.5 Å². The van der Waals surface area contributed by atoms with Crippen molar-refractivity contribution in [3.63, 3.8) is 0 Å². The first-order valence-corrected chi connectivity index (χ1v) is 9.65. The summed E-state index contributed by atoms with van der Waals surface area (Å²) in [6.07, 6.45) is 1.08.